The first-order valence-corrected chi connectivity index (χ1v) is 8.41. The summed E-state index contributed by atoms with van der Waals surface area (Å²) in [6, 6.07) is 5.84. The summed E-state index contributed by atoms with van der Waals surface area (Å²) in [4.78, 5) is 2.16. The lowest BCUT2D eigenvalue weighted by Gasteiger charge is -2.24. The number of aliphatic hydroxyl groups is 1. The lowest BCUT2D eigenvalue weighted by Crippen LogP contribution is -2.34. The van der Waals surface area contributed by atoms with Crippen LogP contribution >= 0.6 is 0 Å². The fourth-order valence-electron chi connectivity index (χ4n) is 3.03. The lowest BCUT2D eigenvalue weighted by atomic mass is 10.2. The Balaban J connectivity index is 1.66. The summed E-state index contributed by atoms with van der Waals surface area (Å²) in [5.74, 6) is 0.877. The first kappa shape index (κ1) is 17.4. The van der Waals surface area contributed by atoms with Crippen LogP contribution in [0.2, 0.25) is 0 Å². The minimum atomic E-state index is -0.523. The molecule has 3 aromatic heterocycles. The van der Waals surface area contributed by atoms with Crippen LogP contribution in [-0.4, -0.2) is 42.2 Å². The maximum atomic E-state index is 10.6. The van der Waals surface area contributed by atoms with Crippen molar-refractivity contribution < 1.29 is 9.52 Å². The highest BCUT2D eigenvalue weighted by Crippen LogP contribution is 2.12. The van der Waals surface area contributed by atoms with E-state index in [9.17, 15) is 5.11 Å². The molecular weight excluding hydrogens is 318 g/mol. The van der Waals surface area contributed by atoms with Crippen LogP contribution in [0.3, 0.4) is 0 Å². The smallest absolute Gasteiger partial charge is 0.117 e. The second-order valence-electron chi connectivity index (χ2n) is 6.53. The first-order chi connectivity index (χ1) is 12.0. The molecule has 0 aliphatic heterocycles. The SMILES string of the molecule is Cc1cc(C)n(C[C@@H](O)CN(Cc2cnn(C)c2)Cc2ccco2)n1. The molecule has 1 N–H and O–H groups in total. The van der Waals surface area contributed by atoms with Crippen LogP contribution in [0.5, 0.6) is 0 Å². The van der Waals surface area contributed by atoms with E-state index in [1.165, 1.54) is 0 Å². The summed E-state index contributed by atoms with van der Waals surface area (Å²) in [5.41, 5.74) is 3.13. The van der Waals surface area contributed by atoms with Crippen molar-refractivity contribution in [3.8, 4) is 0 Å². The number of rotatable bonds is 8. The average Bonchev–Trinajstić information content (AvgIpc) is 3.24. The van der Waals surface area contributed by atoms with Crippen molar-refractivity contribution in [2.24, 2.45) is 7.05 Å². The monoisotopic (exact) mass is 343 g/mol. The van der Waals surface area contributed by atoms with Gasteiger partial charge in [-0.1, -0.05) is 0 Å². The summed E-state index contributed by atoms with van der Waals surface area (Å²) in [6.07, 6.45) is 4.99. The molecule has 134 valence electrons. The number of aliphatic hydroxyl groups excluding tert-OH is 1. The number of aryl methyl sites for hydroxylation is 3. The summed E-state index contributed by atoms with van der Waals surface area (Å²) < 4.78 is 9.11. The quantitative estimate of drug-likeness (QED) is 0.676. The van der Waals surface area contributed by atoms with Crippen molar-refractivity contribution in [2.75, 3.05) is 6.54 Å². The van der Waals surface area contributed by atoms with Gasteiger partial charge in [-0.3, -0.25) is 14.3 Å². The van der Waals surface area contributed by atoms with E-state index in [1.54, 1.807) is 10.9 Å². The Kier molecular flexibility index (Phi) is 5.35. The van der Waals surface area contributed by atoms with Gasteiger partial charge in [-0.25, -0.2) is 0 Å². The molecule has 1 atom stereocenters. The van der Waals surface area contributed by atoms with Crippen molar-refractivity contribution in [3.05, 3.63) is 59.6 Å². The average molecular weight is 343 g/mol. The van der Waals surface area contributed by atoms with E-state index in [-0.39, 0.29) is 0 Å². The van der Waals surface area contributed by atoms with Crippen LogP contribution in [0, 0.1) is 13.8 Å². The molecule has 0 bridgehead atoms. The van der Waals surface area contributed by atoms with E-state index >= 15 is 0 Å². The molecule has 3 heterocycles. The Bertz CT molecular complexity index is 790. The highest BCUT2D eigenvalue weighted by molar-refractivity contribution is 5.07. The molecule has 0 spiro atoms. The van der Waals surface area contributed by atoms with Gasteiger partial charge in [0, 0.05) is 37.6 Å². The molecule has 0 saturated carbocycles. The number of aromatic nitrogens is 4. The Morgan fingerprint density at radius 2 is 2.16 bits per heavy atom. The maximum absolute atomic E-state index is 10.6. The number of hydrogen-bond donors (Lipinski definition) is 1. The van der Waals surface area contributed by atoms with Gasteiger partial charge in [0.15, 0.2) is 0 Å². The summed E-state index contributed by atoms with van der Waals surface area (Å²) in [5, 5.41) is 19.2. The Morgan fingerprint density at radius 3 is 2.76 bits per heavy atom. The van der Waals surface area contributed by atoms with Gasteiger partial charge in [-0.2, -0.15) is 10.2 Å². The number of hydrogen-bond acceptors (Lipinski definition) is 5. The van der Waals surface area contributed by atoms with E-state index in [2.05, 4.69) is 15.1 Å². The molecule has 0 aromatic carbocycles. The topological polar surface area (TPSA) is 72.2 Å². The van der Waals surface area contributed by atoms with Crippen LogP contribution in [0.25, 0.3) is 0 Å². The third-order valence-corrected chi connectivity index (χ3v) is 4.08. The van der Waals surface area contributed by atoms with Crippen LogP contribution in [0.1, 0.15) is 22.7 Å². The number of furan rings is 1. The molecule has 25 heavy (non-hydrogen) atoms. The van der Waals surface area contributed by atoms with Gasteiger partial charge in [0.1, 0.15) is 5.76 Å². The maximum Gasteiger partial charge on any atom is 0.117 e. The van der Waals surface area contributed by atoms with Gasteiger partial charge in [0.25, 0.3) is 0 Å². The standard InChI is InChI=1S/C18H25N5O2/c1-14-7-15(2)23(20-14)12-17(24)11-22(13-18-5-4-6-25-18)10-16-8-19-21(3)9-16/h4-9,17,24H,10-13H2,1-3H3/t17-/m0/s1. The Labute approximate surface area is 147 Å². The van der Waals surface area contributed by atoms with Crippen LogP contribution in [0.4, 0.5) is 0 Å². The summed E-state index contributed by atoms with van der Waals surface area (Å²) in [7, 11) is 1.90. The van der Waals surface area contributed by atoms with Crippen molar-refractivity contribution in [1.29, 1.82) is 0 Å². The van der Waals surface area contributed by atoms with Gasteiger partial charge < -0.3 is 9.52 Å². The van der Waals surface area contributed by atoms with Gasteiger partial charge in [0.05, 0.1) is 37.3 Å². The molecule has 0 unspecified atom stereocenters. The second-order valence-corrected chi connectivity index (χ2v) is 6.53. The molecule has 3 aromatic rings. The highest BCUT2D eigenvalue weighted by atomic mass is 16.3. The van der Waals surface area contributed by atoms with E-state index in [0.717, 1.165) is 22.7 Å². The Hall–Kier alpha value is -2.38. The van der Waals surface area contributed by atoms with Crippen molar-refractivity contribution in [3.63, 3.8) is 0 Å². The molecule has 7 heteroatoms. The lowest BCUT2D eigenvalue weighted by molar-refractivity contribution is 0.0839. The summed E-state index contributed by atoms with van der Waals surface area (Å²) >= 11 is 0. The van der Waals surface area contributed by atoms with Gasteiger partial charge in [0.2, 0.25) is 0 Å². The molecular formula is C18H25N5O2. The van der Waals surface area contributed by atoms with Crippen molar-refractivity contribution in [1.82, 2.24) is 24.5 Å². The van der Waals surface area contributed by atoms with Crippen molar-refractivity contribution >= 4 is 0 Å². The molecule has 0 amide bonds. The highest BCUT2D eigenvalue weighted by Gasteiger charge is 2.16. The van der Waals surface area contributed by atoms with Gasteiger partial charge >= 0.3 is 0 Å². The molecule has 0 aliphatic rings. The third-order valence-electron chi connectivity index (χ3n) is 4.08. The van der Waals surface area contributed by atoms with E-state index in [1.807, 2.05) is 56.2 Å². The van der Waals surface area contributed by atoms with Gasteiger partial charge in [-0.15, -0.1) is 0 Å². The molecule has 0 fully saturated rings. The zero-order chi connectivity index (χ0) is 17.8. The minimum Gasteiger partial charge on any atom is -0.468 e. The van der Waals surface area contributed by atoms with Gasteiger partial charge in [-0.05, 0) is 32.0 Å². The number of nitrogens with zero attached hydrogens (tertiary/aromatic N) is 5. The predicted octanol–water partition coefficient (Wildman–Crippen LogP) is 1.89. The second kappa shape index (κ2) is 7.67. The zero-order valence-electron chi connectivity index (χ0n) is 15.0. The van der Waals surface area contributed by atoms with Crippen molar-refractivity contribution in [2.45, 2.75) is 39.6 Å². The van der Waals surface area contributed by atoms with Crippen LogP contribution in [-0.2, 0) is 26.7 Å². The van der Waals surface area contributed by atoms with E-state index in [4.69, 9.17) is 4.42 Å². The molecule has 7 nitrogen and oxygen atoms in total. The fraction of sp³-hybridized carbons (Fsp3) is 0.444. The molecule has 0 saturated heterocycles. The Morgan fingerprint density at radius 1 is 1.32 bits per heavy atom. The summed E-state index contributed by atoms with van der Waals surface area (Å²) in [6.45, 7) is 6.29. The normalized spacial score (nSPS) is 12.8. The molecule has 0 radical (unpaired) electrons. The van der Waals surface area contributed by atoms with E-state index in [0.29, 0.717) is 26.2 Å². The predicted molar refractivity (Wildman–Crippen MR) is 93.7 cm³/mol. The zero-order valence-corrected chi connectivity index (χ0v) is 15.0. The van der Waals surface area contributed by atoms with E-state index < -0.39 is 6.10 Å². The molecule has 3 rings (SSSR count). The van der Waals surface area contributed by atoms with Crippen LogP contribution in [0.15, 0.2) is 41.3 Å². The fourth-order valence-corrected chi connectivity index (χ4v) is 3.03. The van der Waals surface area contributed by atoms with Crippen LogP contribution < -0.4 is 0 Å². The minimum absolute atomic E-state index is 0.474. The molecule has 0 aliphatic carbocycles. The third kappa shape index (κ3) is 4.80. The first-order valence-electron chi connectivity index (χ1n) is 8.41. The largest absolute Gasteiger partial charge is 0.468 e.